The molecule has 0 unspecified atom stereocenters. The summed E-state index contributed by atoms with van der Waals surface area (Å²) in [6.45, 7) is 0. The minimum absolute atomic E-state index is 1.42. The van der Waals surface area contributed by atoms with Crippen LogP contribution in [0.4, 0.5) is 0 Å². The molecule has 0 aromatic rings. The van der Waals surface area contributed by atoms with Gasteiger partial charge in [-0.15, -0.1) is 0 Å². The molecular formula is C7H4Cl6. The SMILES string of the molecule is ClC1(Cl)C=CC=CC(Cl)(Cl)C1(Cl)Cl. The van der Waals surface area contributed by atoms with Crippen LogP contribution < -0.4 is 0 Å². The Morgan fingerprint density at radius 2 is 0.923 bits per heavy atom. The van der Waals surface area contributed by atoms with Crippen LogP contribution in [0.15, 0.2) is 24.3 Å². The standard InChI is InChI=1S/C7H4Cl6/c8-5(9)3-1-2-4-6(10,11)7(5,12)13/h1-4H. The first kappa shape index (κ1) is 12.3. The Kier molecular flexibility index (Phi) is 3.46. The van der Waals surface area contributed by atoms with E-state index >= 15 is 0 Å². The van der Waals surface area contributed by atoms with Gasteiger partial charge in [-0.25, -0.2) is 0 Å². The van der Waals surface area contributed by atoms with E-state index in [4.69, 9.17) is 69.6 Å². The van der Waals surface area contributed by atoms with Crippen molar-refractivity contribution < 1.29 is 0 Å². The minimum Gasteiger partial charge on any atom is -0.0941 e. The van der Waals surface area contributed by atoms with Crippen LogP contribution in [0.5, 0.6) is 0 Å². The molecule has 0 saturated carbocycles. The first-order valence-corrected chi connectivity index (χ1v) is 5.48. The zero-order valence-corrected chi connectivity index (χ0v) is 10.6. The van der Waals surface area contributed by atoms with Crippen molar-refractivity contribution in [2.24, 2.45) is 0 Å². The lowest BCUT2D eigenvalue weighted by Crippen LogP contribution is -2.47. The van der Waals surface area contributed by atoms with Gasteiger partial charge in [-0.05, 0) is 12.2 Å². The zero-order chi connectivity index (χ0) is 10.3. The monoisotopic (exact) mass is 298 g/mol. The predicted octanol–water partition coefficient (Wildman–Crippen LogP) is 4.63. The summed E-state index contributed by atoms with van der Waals surface area (Å²) in [5.41, 5.74) is 0. The van der Waals surface area contributed by atoms with E-state index in [0.717, 1.165) is 0 Å². The van der Waals surface area contributed by atoms with Crippen molar-refractivity contribution in [2.75, 3.05) is 0 Å². The van der Waals surface area contributed by atoms with Crippen molar-refractivity contribution >= 4 is 69.6 Å². The lowest BCUT2D eigenvalue weighted by atomic mass is 10.2. The highest BCUT2D eigenvalue weighted by Crippen LogP contribution is 2.56. The Morgan fingerprint density at radius 1 is 0.615 bits per heavy atom. The molecule has 0 N–H and O–H groups in total. The van der Waals surface area contributed by atoms with Gasteiger partial charge in [0, 0.05) is 0 Å². The van der Waals surface area contributed by atoms with Crippen molar-refractivity contribution in [1.29, 1.82) is 0 Å². The van der Waals surface area contributed by atoms with Gasteiger partial charge in [0.05, 0.1) is 0 Å². The molecule has 0 atom stereocenters. The fraction of sp³-hybridized carbons (Fsp3) is 0.429. The van der Waals surface area contributed by atoms with E-state index in [1.54, 1.807) is 12.2 Å². The average Bonchev–Trinajstić information content (AvgIpc) is 2.01. The van der Waals surface area contributed by atoms with E-state index < -0.39 is 13.0 Å². The maximum Gasteiger partial charge on any atom is 0.190 e. The molecule has 0 aliphatic heterocycles. The van der Waals surface area contributed by atoms with E-state index in [2.05, 4.69) is 0 Å². The summed E-state index contributed by atoms with van der Waals surface area (Å²) < 4.78 is -4.79. The lowest BCUT2D eigenvalue weighted by Gasteiger charge is -2.36. The second kappa shape index (κ2) is 3.66. The molecule has 0 bridgehead atoms. The Labute approximate surface area is 106 Å². The van der Waals surface area contributed by atoms with Gasteiger partial charge in [0.1, 0.15) is 0 Å². The lowest BCUT2D eigenvalue weighted by molar-refractivity contribution is 0.727. The molecule has 1 rings (SSSR count). The van der Waals surface area contributed by atoms with Crippen molar-refractivity contribution in [3.8, 4) is 0 Å². The Morgan fingerprint density at radius 3 is 1.23 bits per heavy atom. The fourth-order valence-electron chi connectivity index (χ4n) is 0.784. The Balaban J connectivity index is 3.22. The number of alkyl halides is 6. The number of hydrogen-bond donors (Lipinski definition) is 0. The zero-order valence-electron chi connectivity index (χ0n) is 6.08. The second-order valence-electron chi connectivity index (χ2n) is 2.54. The van der Waals surface area contributed by atoms with Crippen molar-refractivity contribution in [2.45, 2.75) is 13.0 Å². The van der Waals surface area contributed by atoms with Gasteiger partial charge in [-0.3, -0.25) is 0 Å². The third-order valence-electron chi connectivity index (χ3n) is 1.56. The van der Waals surface area contributed by atoms with E-state index in [9.17, 15) is 0 Å². The third kappa shape index (κ3) is 2.09. The van der Waals surface area contributed by atoms with Crippen molar-refractivity contribution in [3.05, 3.63) is 24.3 Å². The van der Waals surface area contributed by atoms with E-state index in [1.165, 1.54) is 12.2 Å². The predicted molar refractivity (Wildman–Crippen MR) is 61.6 cm³/mol. The molecule has 0 saturated heterocycles. The molecule has 0 heterocycles. The number of allylic oxidation sites excluding steroid dienone is 4. The smallest absolute Gasteiger partial charge is 0.0941 e. The molecule has 0 radical (unpaired) electrons. The van der Waals surface area contributed by atoms with Crippen LogP contribution >= 0.6 is 69.6 Å². The number of rotatable bonds is 0. The van der Waals surface area contributed by atoms with Crippen LogP contribution in [0.25, 0.3) is 0 Å². The first-order chi connectivity index (χ1) is 5.71. The molecule has 0 aromatic carbocycles. The minimum atomic E-state index is -1.71. The first-order valence-electron chi connectivity index (χ1n) is 3.21. The molecule has 0 aromatic heterocycles. The fourth-order valence-corrected chi connectivity index (χ4v) is 2.12. The van der Waals surface area contributed by atoms with Gasteiger partial charge < -0.3 is 0 Å². The summed E-state index contributed by atoms with van der Waals surface area (Å²) in [4.78, 5) is 0. The topological polar surface area (TPSA) is 0 Å². The van der Waals surface area contributed by atoms with Crippen molar-refractivity contribution in [3.63, 3.8) is 0 Å². The summed E-state index contributed by atoms with van der Waals surface area (Å²) in [7, 11) is 0. The second-order valence-corrected chi connectivity index (χ2v) is 6.64. The maximum atomic E-state index is 5.89. The van der Waals surface area contributed by atoms with Gasteiger partial charge >= 0.3 is 0 Å². The number of hydrogen-bond acceptors (Lipinski definition) is 0. The number of halogens is 6. The van der Waals surface area contributed by atoms with Gasteiger partial charge in [0.25, 0.3) is 0 Å². The van der Waals surface area contributed by atoms with Gasteiger partial charge in [0.2, 0.25) is 0 Å². The van der Waals surface area contributed by atoms with Crippen LogP contribution in [-0.4, -0.2) is 13.0 Å². The van der Waals surface area contributed by atoms with Crippen LogP contribution in [0.1, 0.15) is 0 Å². The summed E-state index contributed by atoms with van der Waals surface area (Å²) in [5.74, 6) is 0. The molecule has 1 aliphatic rings. The highest BCUT2D eigenvalue weighted by molar-refractivity contribution is 6.70. The Hall–Kier alpha value is 1.22. The average molecular weight is 301 g/mol. The summed E-state index contributed by atoms with van der Waals surface area (Å²) >= 11 is 35.2. The molecule has 1 aliphatic carbocycles. The van der Waals surface area contributed by atoms with Crippen LogP contribution in [-0.2, 0) is 0 Å². The van der Waals surface area contributed by atoms with E-state index in [1.807, 2.05) is 0 Å². The van der Waals surface area contributed by atoms with E-state index in [-0.39, 0.29) is 0 Å². The molecule has 6 heteroatoms. The van der Waals surface area contributed by atoms with Crippen molar-refractivity contribution in [1.82, 2.24) is 0 Å². The highest BCUT2D eigenvalue weighted by Gasteiger charge is 2.58. The molecule has 0 spiro atoms. The third-order valence-corrected chi connectivity index (χ3v) is 5.16. The molecule has 0 fully saturated rings. The van der Waals surface area contributed by atoms with Gasteiger partial charge in [-0.1, -0.05) is 81.8 Å². The molecule has 0 nitrogen and oxygen atoms in total. The molecule has 0 amide bonds. The molecule has 74 valence electrons. The summed E-state index contributed by atoms with van der Waals surface area (Å²) in [6.07, 6.45) is 5.98. The Bertz CT molecular complexity index is 236. The van der Waals surface area contributed by atoms with Crippen LogP contribution in [0.2, 0.25) is 0 Å². The largest absolute Gasteiger partial charge is 0.190 e. The molecule has 13 heavy (non-hydrogen) atoms. The summed E-state index contributed by atoms with van der Waals surface area (Å²) in [6, 6.07) is 0. The van der Waals surface area contributed by atoms with Crippen LogP contribution in [0, 0.1) is 0 Å². The normalized spacial score (nSPS) is 28.5. The quantitative estimate of drug-likeness (QED) is 0.572. The molecular weight excluding hydrogens is 297 g/mol. The maximum absolute atomic E-state index is 5.89. The van der Waals surface area contributed by atoms with Gasteiger partial charge in [0.15, 0.2) is 13.0 Å². The van der Waals surface area contributed by atoms with Crippen LogP contribution in [0.3, 0.4) is 0 Å². The van der Waals surface area contributed by atoms with E-state index in [0.29, 0.717) is 0 Å². The van der Waals surface area contributed by atoms with Gasteiger partial charge in [-0.2, -0.15) is 0 Å². The summed E-state index contributed by atoms with van der Waals surface area (Å²) in [5, 5.41) is 0. The highest BCUT2D eigenvalue weighted by atomic mass is 35.5.